The van der Waals surface area contributed by atoms with Crippen LogP contribution >= 0.6 is 36.2 Å². The molecule has 0 aliphatic carbocycles. The highest BCUT2D eigenvalue weighted by Gasteiger charge is 2.24. The van der Waals surface area contributed by atoms with Crippen LogP contribution in [0.25, 0.3) is 0 Å². The van der Waals surface area contributed by atoms with Crippen LogP contribution in [0.3, 0.4) is 0 Å². The van der Waals surface area contributed by atoms with Gasteiger partial charge in [0.05, 0.1) is 11.2 Å². The van der Waals surface area contributed by atoms with Crippen LogP contribution in [0.15, 0.2) is 5.51 Å². The molecule has 110 valence electrons. The van der Waals surface area contributed by atoms with Crippen molar-refractivity contribution in [2.75, 3.05) is 20.1 Å². The van der Waals surface area contributed by atoms with E-state index in [1.54, 1.807) is 5.51 Å². The van der Waals surface area contributed by atoms with Gasteiger partial charge >= 0.3 is 0 Å². The van der Waals surface area contributed by atoms with E-state index in [1.807, 2.05) is 18.9 Å². The second-order valence-electron chi connectivity index (χ2n) is 4.52. The SMILES string of the molecule is Cc1ncsc1C(=O)N(C)C1CCCNCC1.Cl.Cl. The minimum atomic E-state index is 0. The van der Waals surface area contributed by atoms with Crippen molar-refractivity contribution in [3.05, 3.63) is 16.1 Å². The third-order valence-corrected chi connectivity index (χ3v) is 4.27. The molecule has 4 nitrogen and oxygen atoms in total. The van der Waals surface area contributed by atoms with E-state index in [2.05, 4.69) is 10.3 Å². The van der Waals surface area contributed by atoms with Crippen LogP contribution in [0.1, 0.15) is 34.6 Å². The monoisotopic (exact) mass is 325 g/mol. The van der Waals surface area contributed by atoms with Crippen molar-refractivity contribution in [3.63, 3.8) is 0 Å². The van der Waals surface area contributed by atoms with Crippen LogP contribution in [0.4, 0.5) is 0 Å². The Morgan fingerprint density at radius 1 is 1.42 bits per heavy atom. The summed E-state index contributed by atoms with van der Waals surface area (Å²) < 4.78 is 0. The fourth-order valence-corrected chi connectivity index (χ4v) is 3.01. The minimum absolute atomic E-state index is 0. The lowest BCUT2D eigenvalue weighted by molar-refractivity contribution is 0.0724. The number of thiazole rings is 1. The topological polar surface area (TPSA) is 45.2 Å². The normalized spacial score (nSPS) is 18.7. The third kappa shape index (κ3) is 4.60. The van der Waals surface area contributed by atoms with E-state index in [0.717, 1.165) is 42.9 Å². The van der Waals surface area contributed by atoms with Gasteiger partial charge in [-0.3, -0.25) is 4.79 Å². The van der Waals surface area contributed by atoms with E-state index in [0.29, 0.717) is 6.04 Å². The van der Waals surface area contributed by atoms with Gasteiger partial charge in [-0.2, -0.15) is 0 Å². The molecule has 1 aliphatic heterocycles. The molecule has 1 aromatic rings. The largest absolute Gasteiger partial charge is 0.338 e. The Labute approximate surface area is 130 Å². The lowest BCUT2D eigenvalue weighted by atomic mass is 10.1. The van der Waals surface area contributed by atoms with E-state index >= 15 is 0 Å². The number of nitrogens with zero attached hydrogens (tertiary/aromatic N) is 2. The van der Waals surface area contributed by atoms with Crippen LogP contribution in [0.5, 0.6) is 0 Å². The van der Waals surface area contributed by atoms with Crippen molar-refractivity contribution in [2.24, 2.45) is 0 Å². The van der Waals surface area contributed by atoms with Crippen molar-refractivity contribution < 1.29 is 4.79 Å². The molecule has 7 heteroatoms. The van der Waals surface area contributed by atoms with E-state index in [9.17, 15) is 4.79 Å². The summed E-state index contributed by atoms with van der Waals surface area (Å²) in [6.07, 6.45) is 3.27. The molecule has 0 saturated carbocycles. The Kier molecular flexibility index (Phi) is 8.57. The summed E-state index contributed by atoms with van der Waals surface area (Å²) >= 11 is 1.44. The maximum atomic E-state index is 12.3. The molecule has 0 aromatic carbocycles. The summed E-state index contributed by atoms with van der Waals surface area (Å²) in [7, 11) is 1.91. The summed E-state index contributed by atoms with van der Waals surface area (Å²) in [6.45, 7) is 3.97. The van der Waals surface area contributed by atoms with Crippen molar-refractivity contribution in [1.29, 1.82) is 0 Å². The van der Waals surface area contributed by atoms with Crippen LogP contribution in [-0.2, 0) is 0 Å². The Hall–Kier alpha value is -0.360. The van der Waals surface area contributed by atoms with Gasteiger partial charge in [0.25, 0.3) is 5.91 Å². The second kappa shape index (κ2) is 8.74. The zero-order chi connectivity index (χ0) is 12.3. The molecule has 1 fully saturated rings. The molecule has 1 N–H and O–H groups in total. The van der Waals surface area contributed by atoms with Gasteiger partial charge in [-0.05, 0) is 39.3 Å². The summed E-state index contributed by atoms with van der Waals surface area (Å²) in [6, 6.07) is 0.360. The molecule has 1 aliphatic rings. The molecule has 0 radical (unpaired) electrons. The first-order valence-corrected chi connectivity index (χ1v) is 6.96. The number of carbonyl (C=O) groups is 1. The van der Waals surface area contributed by atoms with Gasteiger partial charge in [0.2, 0.25) is 0 Å². The summed E-state index contributed by atoms with van der Waals surface area (Å²) in [4.78, 5) is 19.1. The molecular weight excluding hydrogens is 305 g/mol. The molecular formula is C12H21Cl2N3OS. The van der Waals surface area contributed by atoms with Crippen LogP contribution in [-0.4, -0.2) is 42.0 Å². The van der Waals surface area contributed by atoms with Gasteiger partial charge in [-0.1, -0.05) is 0 Å². The number of nitrogens with one attached hydrogen (secondary N) is 1. The first-order valence-electron chi connectivity index (χ1n) is 6.08. The molecule has 0 spiro atoms. The number of halogens is 2. The van der Waals surface area contributed by atoms with Crippen molar-refractivity contribution in [1.82, 2.24) is 15.2 Å². The molecule has 1 unspecified atom stereocenters. The van der Waals surface area contributed by atoms with E-state index < -0.39 is 0 Å². The Morgan fingerprint density at radius 2 is 2.16 bits per heavy atom. The molecule has 1 amide bonds. The number of hydrogen-bond donors (Lipinski definition) is 1. The first kappa shape index (κ1) is 18.6. The highest BCUT2D eigenvalue weighted by Crippen LogP contribution is 2.19. The van der Waals surface area contributed by atoms with E-state index in [-0.39, 0.29) is 30.7 Å². The predicted octanol–water partition coefficient (Wildman–Crippen LogP) is 2.51. The molecule has 1 saturated heterocycles. The summed E-state index contributed by atoms with van der Waals surface area (Å²) in [5.41, 5.74) is 2.59. The molecule has 1 atom stereocenters. The van der Waals surface area contributed by atoms with E-state index in [1.165, 1.54) is 11.3 Å². The van der Waals surface area contributed by atoms with Crippen LogP contribution in [0, 0.1) is 6.92 Å². The Morgan fingerprint density at radius 3 is 2.79 bits per heavy atom. The third-order valence-electron chi connectivity index (χ3n) is 3.35. The molecule has 19 heavy (non-hydrogen) atoms. The maximum absolute atomic E-state index is 12.3. The average Bonchev–Trinajstić information content (AvgIpc) is 2.60. The van der Waals surface area contributed by atoms with Gasteiger partial charge in [0.15, 0.2) is 0 Å². The van der Waals surface area contributed by atoms with E-state index in [4.69, 9.17) is 0 Å². The lowest BCUT2D eigenvalue weighted by Crippen LogP contribution is -2.37. The zero-order valence-electron chi connectivity index (χ0n) is 11.2. The van der Waals surface area contributed by atoms with Crippen molar-refractivity contribution in [2.45, 2.75) is 32.2 Å². The Balaban J connectivity index is 0.00000162. The maximum Gasteiger partial charge on any atom is 0.265 e. The van der Waals surface area contributed by atoms with Crippen LogP contribution < -0.4 is 5.32 Å². The van der Waals surface area contributed by atoms with Gasteiger partial charge < -0.3 is 10.2 Å². The second-order valence-corrected chi connectivity index (χ2v) is 5.37. The summed E-state index contributed by atoms with van der Waals surface area (Å²) in [5.74, 6) is 0.122. The predicted molar refractivity (Wildman–Crippen MR) is 83.9 cm³/mol. The minimum Gasteiger partial charge on any atom is -0.338 e. The van der Waals surface area contributed by atoms with Crippen molar-refractivity contribution >= 4 is 42.1 Å². The number of aromatic nitrogens is 1. The lowest BCUT2D eigenvalue weighted by Gasteiger charge is -2.26. The average molecular weight is 326 g/mol. The Bertz CT molecular complexity index is 392. The first-order chi connectivity index (χ1) is 8.20. The standard InChI is InChI=1S/C12H19N3OS.2ClH/c1-9-11(17-8-14-9)12(16)15(2)10-4-3-6-13-7-5-10;;/h8,10,13H,3-7H2,1-2H3;2*1H. The fraction of sp³-hybridized carbons (Fsp3) is 0.667. The number of hydrogen-bond acceptors (Lipinski definition) is 4. The van der Waals surface area contributed by atoms with Gasteiger partial charge in [-0.15, -0.1) is 36.2 Å². The van der Waals surface area contributed by atoms with Crippen LogP contribution in [0.2, 0.25) is 0 Å². The number of carbonyl (C=O) groups excluding carboxylic acids is 1. The number of amides is 1. The van der Waals surface area contributed by atoms with Gasteiger partial charge in [-0.25, -0.2) is 4.98 Å². The molecule has 1 aromatic heterocycles. The van der Waals surface area contributed by atoms with Crippen molar-refractivity contribution in [3.8, 4) is 0 Å². The quantitative estimate of drug-likeness (QED) is 0.908. The fourth-order valence-electron chi connectivity index (χ4n) is 2.22. The molecule has 2 heterocycles. The highest BCUT2D eigenvalue weighted by molar-refractivity contribution is 7.11. The number of rotatable bonds is 2. The van der Waals surface area contributed by atoms with Gasteiger partial charge in [0, 0.05) is 13.1 Å². The summed E-state index contributed by atoms with van der Waals surface area (Å²) in [5, 5.41) is 3.37. The zero-order valence-corrected chi connectivity index (χ0v) is 13.7. The molecule has 2 rings (SSSR count). The smallest absolute Gasteiger partial charge is 0.265 e. The van der Waals surface area contributed by atoms with Gasteiger partial charge in [0.1, 0.15) is 4.88 Å². The number of aryl methyl sites for hydroxylation is 1. The molecule has 0 bridgehead atoms. The highest BCUT2D eigenvalue weighted by atomic mass is 35.5.